The molecule has 0 aromatic carbocycles. The van der Waals surface area contributed by atoms with Crippen molar-refractivity contribution in [1.29, 1.82) is 0 Å². The molecule has 42 heteroatoms. The summed E-state index contributed by atoms with van der Waals surface area (Å²) >= 11 is 0. The van der Waals surface area contributed by atoms with Gasteiger partial charge in [-0.05, 0) is 6.42 Å². The summed E-state index contributed by atoms with van der Waals surface area (Å²) in [6.07, 6.45) is -13.1. The number of amides is 1. The lowest BCUT2D eigenvalue weighted by atomic mass is 9.98. The first-order chi connectivity index (χ1) is 36.6. The maximum absolute atomic E-state index is 14.2. The molecule has 0 spiro atoms. The van der Waals surface area contributed by atoms with Crippen LogP contribution >= 0.6 is 31.1 Å². The molecule has 0 radical (unpaired) electrons. The number of hydrogen-bond donors (Lipinski definition) is 11. The van der Waals surface area contributed by atoms with Gasteiger partial charge in [-0.15, -0.1) is 0 Å². The molecule has 3 aliphatic heterocycles. The predicted molar refractivity (Wildman–Crippen MR) is 252 cm³/mol. The number of aromatic nitrogens is 10. The number of nitrogens with two attached hydrogens (primary N) is 2. The van der Waals surface area contributed by atoms with Gasteiger partial charge in [0.25, 0.3) is 16.7 Å². The number of nitrogens with zero attached hydrogens (tertiary/aromatic N) is 8. The molecule has 3 saturated heterocycles. The molecular weight excluding hydrogens is 1140 g/mol. The fraction of sp³-hybridized carbons (Fsp3) is 0.583. The minimum absolute atomic E-state index is 0.00834. The molecule has 8 heterocycles. The van der Waals surface area contributed by atoms with E-state index in [0.29, 0.717) is 11.0 Å². The van der Waals surface area contributed by atoms with E-state index in [1.807, 2.05) is 4.98 Å². The highest BCUT2D eigenvalue weighted by molar-refractivity contribution is 7.66. The number of aliphatic hydroxyl groups excluding tert-OH is 3. The molecule has 0 bridgehead atoms. The second-order valence-corrected chi connectivity index (χ2v) is 24.0. The number of H-pyrrole nitrogens is 2. The van der Waals surface area contributed by atoms with Crippen molar-refractivity contribution in [2.24, 2.45) is 13.0 Å². The zero-order chi connectivity index (χ0) is 56.8. The number of hydrogen-bond acceptors (Lipinski definition) is 28. The summed E-state index contributed by atoms with van der Waals surface area (Å²) < 4.78 is 110. The maximum atomic E-state index is 14.2. The molecule has 78 heavy (non-hydrogen) atoms. The van der Waals surface area contributed by atoms with Crippen LogP contribution in [0.2, 0.25) is 0 Å². The Bertz CT molecular complexity index is 3410. The maximum Gasteiger partial charge on any atom is 0.490 e. The van der Waals surface area contributed by atoms with Crippen molar-refractivity contribution in [3.05, 3.63) is 62.4 Å². The van der Waals surface area contributed by atoms with Gasteiger partial charge in [0.15, 0.2) is 23.9 Å². The third-order valence-corrected chi connectivity index (χ3v) is 18.3. The van der Waals surface area contributed by atoms with Gasteiger partial charge in [0.05, 0.1) is 57.7 Å². The first-order valence-corrected chi connectivity index (χ1v) is 28.8. The number of nitrogens with one attached hydrogen (secondary N) is 3. The number of aliphatic hydroxyl groups is 3. The summed E-state index contributed by atoms with van der Waals surface area (Å²) in [5.41, 5.74) is 6.91. The van der Waals surface area contributed by atoms with Crippen molar-refractivity contribution >= 4 is 71.3 Å². The molecule has 8 rings (SSSR count). The smallest absolute Gasteiger partial charge is 0.490 e. The number of anilines is 2. The van der Waals surface area contributed by atoms with Gasteiger partial charge in [0, 0.05) is 31.8 Å². The zero-order valence-electron chi connectivity index (χ0n) is 40.5. The molecule has 430 valence electrons. The van der Waals surface area contributed by atoms with Crippen LogP contribution < -0.4 is 43.1 Å². The van der Waals surface area contributed by atoms with E-state index in [1.54, 1.807) is 6.92 Å². The topological polar surface area (TPSA) is 539 Å². The number of carbonyl (C=O) groups is 1. The molecule has 3 fully saturated rings. The Morgan fingerprint density at radius 1 is 0.833 bits per heavy atom. The molecule has 16 atom stereocenters. The number of rotatable bonds is 22. The SMILES string of the molecule is CCCOC(=O)NC[C@H]1[C@@H](O)[C@H](n2c[n+](C)c3c(=O)[nH]c(N)nc32)O[C@@H]1COP(=O)(O)OP(=O)(O)OP(=O)(O)OC[C@H]1O[C@@H](n2cnc3c(N)ncnc32)[C@H](OC)[C@@H]1P(=O)([O-])OC[C@H]1O[C@@H](n2ccc(=O)[nH]c2=O)[C@H](O)[C@@H]1O. The van der Waals surface area contributed by atoms with E-state index in [4.69, 9.17) is 48.7 Å². The predicted octanol–water partition coefficient (Wildman–Crippen LogP) is -4.05. The molecule has 4 unspecified atom stereocenters. The summed E-state index contributed by atoms with van der Waals surface area (Å²) in [6.45, 7) is -2.22. The van der Waals surface area contributed by atoms with Crippen LogP contribution in [0.15, 0.2) is 45.6 Å². The van der Waals surface area contributed by atoms with Crippen molar-refractivity contribution in [2.45, 2.75) is 80.4 Å². The van der Waals surface area contributed by atoms with Crippen molar-refractivity contribution in [2.75, 3.05) is 51.5 Å². The normalized spacial score (nSPS) is 29.5. The Labute approximate surface area is 435 Å². The molecule has 5 aromatic rings. The molecule has 38 nitrogen and oxygen atoms in total. The van der Waals surface area contributed by atoms with Crippen LogP contribution in [-0.4, -0.2) is 168 Å². The van der Waals surface area contributed by atoms with Gasteiger partial charge in [0.2, 0.25) is 18.5 Å². The van der Waals surface area contributed by atoms with Gasteiger partial charge in [0.1, 0.15) is 50.0 Å². The number of alkyl carbamates (subject to hydrolysis) is 1. The molecular formula is C36H51N13O25P4. The van der Waals surface area contributed by atoms with Gasteiger partial charge < -0.3 is 84.5 Å². The Hall–Kier alpha value is -5.27. The summed E-state index contributed by atoms with van der Waals surface area (Å²) in [5, 5.41) is 35.4. The molecule has 1 amide bonds. The highest BCUT2D eigenvalue weighted by atomic mass is 31.3. The van der Waals surface area contributed by atoms with E-state index in [0.717, 1.165) is 36.6 Å². The van der Waals surface area contributed by atoms with Crippen LogP contribution in [0.4, 0.5) is 16.6 Å². The Kier molecular flexibility index (Phi) is 17.4. The highest BCUT2D eigenvalue weighted by Gasteiger charge is 2.55. The van der Waals surface area contributed by atoms with Gasteiger partial charge >= 0.3 is 40.8 Å². The second kappa shape index (κ2) is 23.1. The Morgan fingerprint density at radius 3 is 2.14 bits per heavy atom. The fourth-order valence-electron chi connectivity index (χ4n) is 8.76. The highest BCUT2D eigenvalue weighted by Crippen LogP contribution is 2.68. The minimum Gasteiger partial charge on any atom is -0.778 e. The van der Waals surface area contributed by atoms with Crippen LogP contribution in [0, 0.1) is 5.92 Å². The summed E-state index contributed by atoms with van der Waals surface area (Å²) in [4.78, 5) is 116. The lowest BCUT2D eigenvalue weighted by molar-refractivity contribution is -0.646. The van der Waals surface area contributed by atoms with E-state index in [2.05, 4.69) is 38.9 Å². The summed E-state index contributed by atoms with van der Waals surface area (Å²) in [5.74, 6) is -1.68. The van der Waals surface area contributed by atoms with Crippen LogP contribution in [-0.2, 0) is 71.2 Å². The number of methoxy groups -OCH3 is 1. The number of aromatic amines is 2. The van der Waals surface area contributed by atoms with Crippen molar-refractivity contribution in [1.82, 2.24) is 48.9 Å². The number of imidazole rings is 2. The molecule has 0 aliphatic carbocycles. The van der Waals surface area contributed by atoms with E-state index < -0.39 is 153 Å². The molecule has 5 aromatic heterocycles. The fourth-order valence-corrected chi connectivity index (χ4v) is 14.0. The number of carbonyl (C=O) groups excluding carboxylic acids is 1. The quantitative estimate of drug-likeness (QED) is 0.0232. The van der Waals surface area contributed by atoms with E-state index >= 15 is 0 Å². The average molecular weight is 1190 g/mol. The lowest BCUT2D eigenvalue weighted by Crippen LogP contribution is -2.40. The zero-order valence-corrected chi connectivity index (χ0v) is 44.1. The number of nitrogen functional groups attached to an aromatic ring is 2. The van der Waals surface area contributed by atoms with Gasteiger partial charge in [-0.2, -0.15) is 18.2 Å². The molecule has 13 N–H and O–H groups in total. The first kappa shape index (κ1) is 58.9. The minimum atomic E-state index is -6.27. The summed E-state index contributed by atoms with van der Waals surface area (Å²) in [7, 11) is -21.3. The number of ether oxygens (including phenoxy) is 5. The van der Waals surface area contributed by atoms with Crippen molar-refractivity contribution in [3.8, 4) is 0 Å². The summed E-state index contributed by atoms with van der Waals surface area (Å²) in [6, 6.07) is 0.911. The van der Waals surface area contributed by atoms with Crippen LogP contribution in [0.5, 0.6) is 0 Å². The van der Waals surface area contributed by atoms with Crippen molar-refractivity contribution in [3.63, 3.8) is 0 Å². The van der Waals surface area contributed by atoms with Crippen LogP contribution in [0.25, 0.3) is 22.3 Å². The van der Waals surface area contributed by atoms with Gasteiger partial charge in [-0.25, -0.2) is 42.8 Å². The number of aryl methyl sites for hydroxylation is 1. The Balaban J connectivity index is 0.965. The van der Waals surface area contributed by atoms with Crippen molar-refractivity contribution < 1.29 is 108 Å². The number of phosphoric acid groups is 3. The lowest BCUT2D eigenvalue weighted by Gasteiger charge is -2.35. The Morgan fingerprint density at radius 2 is 1.47 bits per heavy atom. The average Bonchev–Trinajstić information content (AvgIpc) is 4.26. The monoisotopic (exact) mass is 1190 g/mol. The number of phosphoric ester groups is 2. The van der Waals surface area contributed by atoms with Crippen LogP contribution in [0.3, 0.4) is 0 Å². The molecule has 3 aliphatic rings. The second-order valence-electron chi connectivity index (χ2n) is 17.4. The van der Waals surface area contributed by atoms with Crippen LogP contribution in [0.1, 0.15) is 32.0 Å². The van der Waals surface area contributed by atoms with E-state index in [9.17, 15) is 72.3 Å². The van der Waals surface area contributed by atoms with E-state index in [1.165, 1.54) is 22.5 Å². The van der Waals surface area contributed by atoms with Gasteiger partial charge in [-0.1, -0.05) is 6.92 Å². The number of fused-ring (bicyclic) bond motifs is 2. The van der Waals surface area contributed by atoms with E-state index in [-0.39, 0.29) is 40.7 Å². The standard InChI is InChI=1S/C36H51N13O25P4/c1-4-7-66-36(56)39-8-15-16(70-31(22(15)51)49-14-46(2)21-29(49)44-34(38)45-30(21)54)9-68-76(59,60)73-78(63,64)74-77(61,62)69-11-18-26(25(65-3)33(72-18)48-13-42-20-27(37)40-12-41-28(20)48)75(57,58)67-10-17-23(52)24(53)32(71-17)47-6-5-19(50)43-35(47)55/h5-6,12-18,22-26,31-33,51-53H,4,7-11H2,1-3H3,(H10-,37,38,39,40,41,43,44,45,50,54,55,56,57,58,59,60,61,62,63,64)/t15-,16-,17-,18-,22-,23-,24-,25-,26-,31-,32-,33-/m1/s1. The molecule has 0 saturated carbocycles. The third kappa shape index (κ3) is 12.5. The third-order valence-electron chi connectivity index (χ3n) is 12.2. The van der Waals surface area contributed by atoms with Gasteiger partial charge in [-0.3, -0.25) is 37.7 Å². The largest absolute Gasteiger partial charge is 0.778 e. The first-order valence-electron chi connectivity index (χ1n) is 22.7.